The molecule has 0 aliphatic carbocycles. The second kappa shape index (κ2) is 6.98. The molecule has 0 fully saturated rings. The molecule has 1 rings (SSSR count). The predicted octanol–water partition coefficient (Wildman–Crippen LogP) is 1.64. The van der Waals surface area contributed by atoms with Crippen molar-refractivity contribution in [2.75, 3.05) is 27.4 Å². The van der Waals surface area contributed by atoms with Gasteiger partial charge in [-0.25, -0.2) is 4.79 Å². The summed E-state index contributed by atoms with van der Waals surface area (Å²) in [5.74, 6) is -0.327. The quantitative estimate of drug-likeness (QED) is 0.544. The van der Waals surface area contributed by atoms with Crippen molar-refractivity contribution in [3.63, 3.8) is 0 Å². The maximum atomic E-state index is 11.2. The summed E-state index contributed by atoms with van der Waals surface area (Å²) in [5, 5.41) is 0. The molecule has 0 radical (unpaired) electrons. The zero-order valence-electron chi connectivity index (χ0n) is 9.56. The average molecular weight is 224 g/mol. The Hall–Kier alpha value is -1.39. The van der Waals surface area contributed by atoms with Crippen LogP contribution in [-0.2, 0) is 20.8 Å². The van der Waals surface area contributed by atoms with Gasteiger partial charge in [0, 0.05) is 7.11 Å². The Balaban J connectivity index is 2.42. The van der Waals surface area contributed by atoms with Crippen molar-refractivity contribution in [2.24, 2.45) is 0 Å². The molecule has 4 heteroatoms. The molecule has 0 saturated carbocycles. The highest BCUT2D eigenvalue weighted by atomic mass is 16.5. The van der Waals surface area contributed by atoms with Gasteiger partial charge in [-0.1, -0.05) is 12.1 Å². The van der Waals surface area contributed by atoms with Crippen molar-refractivity contribution >= 4 is 5.97 Å². The number of carbonyl (C=O) groups excluding carboxylic acids is 1. The van der Waals surface area contributed by atoms with E-state index in [1.54, 1.807) is 19.2 Å². The molecular formula is C12H16O4. The number of rotatable bonds is 6. The molecule has 0 aliphatic heterocycles. The topological polar surface area (TPSA) is 44.8 Å². The lowest BCUT2D eigenvalue weighted by atomic mass is 10.1. The van der Waals surface area contributed by atoms with Gasteiger partial charge in [0.05, 0.1) is 32.5 Å². The minimum absolute atomic E-state index is 0.327. The van der Waals surface area contributed by atoms with E-state index in [0.29, 0.717) is 25.4 Å². The van der Waals surface area contributed by atoms with E-state index in [2.05, 4.69) is 4.74 Å². The highest BCUT2D eigenvalue weighted by Gasteiger charge is 2.03. The second-order valence-corrected chi connectivity index (χ2v) is 3.23. The van der Waals surface area contributed by atoms with Gasteiger partial charge in [-0.05, 0) is 17.7 Å². The molecule has 0 aromatic heterocycles. The van der Waals surface area contributed by atoms with Crippen molar-refractivity contribution in [2.45, 2.75) is 6.61 Å². The molecule has 0 aliphatic rings. The van der Waals surface area contributed by atoms with E-state index in [1.165, 1.54) is 7.11 Å². The maximum Gasteiger partial charge on any atom is 0.337 e. The van der Waals surface area contributed by atoms with Crippen LogP contribution in [-0.4, -0.2) is 33.4 Å². The number of hydrogen-bond donors (Lipinski definition) is 0. The van der Waals surface area contributed by atoms with E-state index in [9.17, 15) is 4.79 Å². The molecule has 0 heterocycles. The molecule has 0 N–H and O–H groups in total. The van der Waals surface area contributed by atoms with Crippen LogP contribution in [0.5, 0.6) is 0 Å². The minimum Gasteiger partial charge on any atom is -0.465 e. The fourth-order valence-electron chi connectivity index (χ4n) is 1.19. The second-order valence-electron chi connectivity index (χ2n) is 3.23. The van der Waals surface area contributed by atoms with Gasteiger partial charge in [-0.15, -0.1) is 0 Å². The smallest absolute Gasteiger partial charge is 0.337 e. The molecule has 1 aromatic rings. The third-order valence-corrected chi connectivity index (χ3v) is 2.08. The first-order valence-corrected chi connectivity index (χ1v) is 5.02. The van der Waals surface area contributed by atoms with Crippen molar-refractivity contribution < 1.29 is 19.0 Å². The lowest BCUT2D eigenvalue weighted by Crippen LogP contribution is -2.03. The van der Waals surface area contributed by atoms with Gasteiger partial charge in [0.1, 0.15) is 0 Å². The van der Waals surface area contributed by atoms with Crippen LogP contribution in [0.2, 0.25) is 0 Å². The number of ether oxygens (including phenoxy) is 3. The van der Waals surface area contributed by atoms with Crippen molar-refractivity contribution in [1.82, 2.24) is 0 Å². The Morgan fingerprint density at radius 2 is 1.81 bits per heavy atom. The van der Waals surface area contributed by atoms with Crippen LogP contribution >= 0.6 is 0 Å². The predicted molar refractivity (Wildman–Crippen MR) is 59.3 cm³/mol. The summed E-state index contributed by atoms with van der Waals surface area (Å²) in [6, 6.07) is 7.14. The van der Waals surface area contributed by atoms with Gasteiger partial charge in [-0.2, -0.15) is 0 Å². The molecule has 0 unspecified atom stereocenters. The summed E-state index contributed by atoms with van der Waals surface area (Å²) in [6.45, 7) is 1.67. The highest BCUT2D eigenvalue weighted by Crippen LogP contribution is 2.06. The van der Waals surface area contributed by atoms with Crippen molar-refractivity contribution in [1.29, 1.82) is 0 Å². The first-order valence-electron chi connectivity index (χ1n) is 5.02. The largest absolute Gasteiger partial charge is 0.465 e. The molecule has 0 atom stereocenters. The molecule has 0 amide bonds. The van der Waals surface area contributed by atoms with Crippen LogP contribution < -0.4 is 0 Å². The van der Waals surface area contributed by atoms with Gasteiger partial charge >= 0.3 is 5.97 Å². The Morgan fingerprint density at radius 3 is 2.38 bits per heavy atom. The van der Waals surface area contributed by atoms with Crippen LogP contribution in [0, 0.1) is 0 Å². The summed E-state index contributed by atoms with van der Waals surface area (Å²) in [6.07, 6.45) is 0. The normalized spacial score (nSPS) is 10.1. The number of benzene rings is 1. The fraction of sp³-hybridized carbons (Fsp3) is 0.417. The monoisotopic (exact) mass is 224 g/mol. The summed E-state index contributed by atoms with van der Waals surface area (Å²) in [4.78, 5) is 11.2. The third-order valence-electron chi connectivity index (χ3n) is 2.08. The summed E-state index contributed by atoms with van der Waals surface area (Å²) in [7, 11) is 3.00. The minimum atomic E-state index is -0.327. The third kappa shape index (κ3) is 4.00. The lowest BCUT2D eigenvalue weighted by molar-refractivity contribution is 0.0597. The van der Waals surface area contributed by atoms with Gasteiger partial charge < -0.3 is 14.2 Å². The Bertz CT molecular complexity index is 318. The van der Waals surface area contributed by atoms with Gasteiger partial charge in [0.15, 0.2) is 0 Å². The highest BCUT2D eigenvalue weighted by molar-refractivity contribution is 5.89. The summed E-state index contributed by atoms with van der Waals surface area (Å²) < 4.78 is 14.8. The fourth-order valence-corrected chi connectivity index (χ4v) is 1.19. The zero-order valence-corrected chi connectivity index (χ0v) is 9.56. The Kier molecular flexibility index (Phi) is 5.53. The number of methoxy groups -OCH3 is 2. The molecule has 0 saturated heterocycles. The Morgan fingerprint density at radius 1 is 1.12 bits per heavy atom. The van der Waals surface area contributed by atoms with Crippen molar-refractivity contribution in [3.05, 3.63) is 35.4 Å². The van der Waals surface area contributed by atoms with Crippen LogP contribution in [0.3, 0.4) is 0 Å². The molecule has 0 spiro atoms. The van der Waals surface area contributed by atoms with Crippen LogP contribution in [0.15, 0.2) is 24.3 Å². The van der Waals surface area contributed by atoms with E-state index >= 15 is 0 Å². The molecule has 88 valence electrons. The van der Waals surface area contributed by atoms with E-state index in [4.69, 9.17) is 9.47 Å². The van der Waals surface area contributed by atoms with E-state index in [1.807, 2.05) is 12.1 Å². The summed E-state index contributed by atoms with van der Waals surface area (Å²) >= 11 is 0. The van der Waals surface area contributed by atoms with E-state index in [0.717, 1.165) is 5.56 Å². The standard InChI is InChI=1S/C12H16O4/c1-14-7-8-16-9-10-3-5-11(6-4-10)12(13)15-2/h3-6H,7-9H2,1-2H3. The van der Waals surface area contributed by atoms with Crippen LogP contribution in [0.4, 0.5) is 0 Å². The zero-order chi connectivity index (χ0) is 11.8. The molecule has 0 bridgehead atoms. The van der Waals surface area contributed by atoms with Gasteiger partial charge in [0.25, 0.3) is 0 Å². The van der Waals surface area contributed by atoms with Gasteiger partial charge in [0.2, 0.25) is 0 Å². The van der Waals surface area contributed by atoms with Gasteiger partial charge in [-0.3, -0.25) is 0 Å². The molecule has 1 aromatic carbocycles. The van der Waals surface area contributed by atoms with Crippen LogP contribution in [0.1, 0.15) is 15.9 Å². The van der Waals surface area contributed by atoms with Crippen LogP contribution in [0.25, 0.3) is 0 Å². The number of esters is 1. The molecular weight excluding hydrogens is 208 g/mol. The number of hydrogen-bond acceptors (Lipinski definition) is 4. The summed E-state index contributed by atoms with van der Waals surface area (Å²) in [5.41, 5.74) is 1.56. The first-order chi connectivity index (χ1) is 7.77. The molecule has 4 nitrogen and oxygen atoms in total. The first kappa shape index (κ1) is 12.7. The lowest BCUT2D eigenvalue weighted by Gasteiger charge is -2.04. The van der Waals surface area contributed by atoms with E-state index in [-0.39, 0.29) is 5.97 Å². The van der Waals surface area contributed by atoms with Crippen molar-refractivity contribution in [3.8, 4) is 0 Å². The number of carbonyl (C=O) groups is 1. The average Bonchev–Trinajstić information content (AvgIpc) is 2.34. The SMILES string of the molecule is COCCOCc1ccc(C(=O)OC)cc1. The van der Waals surface area contributed by atoms with E-state index < -0.39 is 0 Å². The maximum absolute atomic E-state index is 11.2. The Labute approximate surface area is 95.1 Å². The molecule has 16 heavy (non-hydrogen) atoms.